The van der Waals surface area contributed by atoms with Gasteiger partial charge in [-0.25, -0.2) is 9.37 Å². The molecular formula is C22H20FN5O. The number of nitrogens with two attached hydrogens (primary N) is 1. The number of hydrogen-bond donors (Lipinski definition) is 1. The van der Waals surface area contributed by atoms with E-state index in [1.54, 1.807) is 37.6 Å². The molecule has 6 nitrogen and oxygen atoms in total. The van der Waals surface area contributed by atoms with Gasteiger partial charge in [0.25, 0.3) is 0 Å². The number of aromatic nitrogens is 3. The maximum atomic E-state index is 14.8. The quantitative estimate of drug-likeness (QED) is 0.693. The molecule has 1 aliphatic rings. The largest absolute Gasteiger partial charge is 0.383 e. The van der Waals surface area contributed by atoms with E-state index in [2.05, 4.69) is 19.9 Å². The van der Waals surface area contributed by atoms with Crippen LogP contribution in [0.2, 0.25) is 0 Å². The molecule has 0 spiro atoms. The molecule has 2 N–H and O–H groups in total. The van der Waals surface area contributed by atoms with Gasteiger partial charge < -0.3 is 5.73 Å². The first-order valence-electron chi connectivity index (χ1n) is 9.25. The zero-order chi connectivity index (χ0) is 20.6. The Labute approximate surface area is 167 Å². The smallest absolute Gasteiger partial charge is 0.187 e. The number of nitrogens with zero attached hydrogens (tertiary/aromatic N) is 4. The minimum atomic E-state index is -0.882. The number of halogens is 1. The van der Waals surface area contributed by atoms with Crippen molar-refractivity contribution in [2.24, 2.45) is 10.7 Å². The van der Waals surface area contributed by atoms with Crippen LogP contribution in [-0.2, 0) is 18.4 Å². The van der Waals surface area contributed by atoms with E-state index in [0.717, 1.165) is 16.8 Å². The highest BCUT2D eigenvalue weighted by Crippen LogP contribution is 2.36. The van der Waals surface area contributed by atoms with Gasteiger partial charge in [0.05, 0.1) is 17.4 Å². The monoisotopic (exact) mass is 389 g/mol. The number of ketones is 1. The molecule has 0 fully saturated rings. The minimum absolute atomic E-state index is 0.0957. The Bertz CT molecular complexity index is 1130. The van der Waals surface area contributed by atoms with Crippen molar-refractivity contribution < 1.29 is 9.18 Å². The number of fused-ring (bicyclic) bond motifs is 1. The predicted molar refractivity (Wildman–Crippen MR) is 107 cm³/mol. The van der Waals surface area contributed by atoms with Gasteiger partial charge in [-0.1, -0.05) is 6.07 Å². The fourth-order valence-electron chi connectivity index (χ4n) is 3.62. The summed E-state index contributed by atoms with van der Waals surface area (Å²) >= 11 is 0. The summed E-state index contributed by atoms with van der Waals surface area (Å²) in [5.74, 6) is -0.212. The highest BCUT2D eigenvalue weighted by atomic mass is 19.1. The molecule has 3 heterocycles. The number of Topliss-reactive ketones (excluding diaryl/α,β-unsaturated/α-hetero) is 1. The highest BCUT2D eigenvalue weighted by Gasteiger charge is 2.34. The van der Waals surface area contributed by atoms with E-state index >= 15 is 0 Å². The first kappa shape index (κ1) is 18.9. The first-order chi connectivity index (χ1) is 13.9. The van der Waals surface area contributed by atoms with E-state index in [-0.39, 0.29) is 23.7 Å². The fourth-order valence-corrected chi connectivity index (χ4v) is 3.62. The molecule has 0 saturated carbocycles. The normalized spacial score (nSPS) is 18.1. The zero-order valence-electron chi connectivity index (χ0n) is 16.2. The third kappa shape index (κ3) is 3.63. The van der Waals surface area contributed by atoms with Gasteiger partial charge in [-0.3, -0.25) is 19.8 Å². The van der Waals surface area contributed by atoms with Gasteiger partial charge in [-0.15, -0.1) is 0 Å². The van der Waals surface area contributed by atoms with Crippen LogP contribution in [0.5, 0.6) is 0 Å². The summed E-state index contributed by atoms with van der Waals surface area (Å²) in [6.07, 6.45) is 6.96. The molecule has 7 heteroatoms. The van der Waals surface area contributed by atoms with Gasteiger partial charge in [0.2, 0.25) is 0 Å². The SMILES string of the molecule is Cc1cnc(C(=O)Cc2ccc(F)c(C3(C)Cc4cnccc4C(N)=N3)c2)cn1. The molecule has 0 saturated heterocycles. The number of benzene rings is 1. The number of carbonyl (C=O) groups is 1. The standard InChI is InChI=1S/C22H20FN5O/c1-13-10-27-19(12-26-13)20(29)8-14-3-4-18(23)17(7-14)22(2)9-15-11-25-6-5-16(15)21(24)28-22/h3-7,10-12H,8-9H2,1-2H3,(H2,24,28). The van der Waals surface area contributed by atoms with Crippen molar-refractivity contribution in [3.63, 3.8) is 0 Å². The van der Waals surface area contributed by atoms with Crippen molar-refractivity contribution >= 4 is 11.6 Å². The maximum absolute atomic E-state index is 14.8. The number of rotatable bonds is 4. The molecular weight excluding hydrogens is 369 g/mol. The highest BCUT2D eigenvalue weighted by molar-refractivity contribution is 6.00. The molecule has 1 atom stereocenters. The van der Waals surface area contributed by atoms with Crippen LogP contribution < -0.4 is 5.73 Å². The molecule has 0 aliphatic carbocycles. The summed E-state index contributed by atoms with van der Waals surface area (Å²) < 4.78 is 14.8. The van der Waals surface area contributed by atoms with Crippen molar-refractivity contribution in [2.75, 3.05) is 0 Å². The molecule has 1 aliphatic heterocycles. The van der Waals surface area contributed by atoms with Crippen LogP contribution in [0.15, 0.2) is 54.0 Å². The van der Waals surface area contributed by atoms with E-state index in [9.17, 15) is 9.18 Å². The van der Waals surface area contributed by atoms with Crippen LogP contribution in [0.25, 0.3) is 0 Å². The Balaban J connectivity index is 1.66. The number of hydrogen-bond acceptors (Lipinski definition) is 6. The molecule has 0 amide bonds. The van der Waals surface area contributed by atoms with Gasteiger partial charge in [-0.05, 0) is 43.2 Å². The Kier molecular flexibility index (Phi) is 4.66. The second kappa shape index (κ2) is 7.16. The molecule has 1 aromatic carbocycles. The molecule has 3 aromatic rings. The summed E-state index contributed by atoms with van der Waals surface area (Å²) in [7, 11) is 0. The average molecular weight is 389 g/mol. The Morgan fingerprint density at radius 3 is 2.79 bits per heavy atom. The molecule has 2 aromatic heterocycles. The summed E-state index contributed by atoms with van der Waals surface area (Å²) in [5.41, 5.74) is 9.10. The third-order valence-electron chi connectivity index (χ3n) is 5.12. The molecule has 0 bridgehead atoms. The van der Waals surface area contributed by atoms with Crippen molar-refractivity contribution in [3.8, 4) is 0 Å². The van der Waals surface area contributed by atoms with Gasteiger partial charge >= 0.3 is 0 Å². The van der Waals surface area contributed by atoms with Gasteiger partial charge in [0, 0.05) is 42.6 Å². The number of aliphatic imine (C=N–C) groups is 1. The van der Waals surface area contributed by atoms with Crippen LogP contribution >= 0.6 is 0 Å². The molecule has 1 unspecified atom stereocenters. The van der Waals surface area contributed by atoms with E-state index in [4.69, 9.17) is 5.73 Å². The van der Waals surface area contributed by atoms with Gasteiger partial charge in [0.15, 0.2) is 5.78 Å². The van der Waals surface area contributed by atoms with Gasteiger partial charge in [0.1, 0.15) is 17.3 Å². The molecule has 29 heavy (non-hydrogen) atoms. The molecule has 146 valence electrons. The number of aryl methyl sites for hydroxylation is 1. The number of carbonyl (C=O) groups excluding carboxylic acids is 1. The first-order valence-corrected chi connectivity index (χ1v) is 9.25. The lowest BCUT2D eigenvalue weighted by atomic mass is 9.81. The van der Waals surface area contributed by atoms with E-state index < -0.39 is 5.54 Å². The van der Waals surface area contributed by atoms with Crippen molar-refractivity contribution in [1.82, 2.24) is 15.0 Å². The van der Waals surface area contributed by atoms with Crippen molar-refractivity contribution in [3.05, 3.63) is 88.5 Å². The third-order valence-corrected chi connectivity index (χ3v) is 5.12. The summed E-state index contributed by atoms with van der Waals surface area (Å²) in [4.78, 5) is 29.5. The average Bonchev–Trinajstić information content (AvgIpc) is 2.69. The lowest BCUT2D eigenvalue weighted by Gasteiger charge is -2.32. The summed E-state index contributed by atoms with van der Waals surface area (Å²) in [6, 6.07) is 6.47. The fraction of sp³-hybridized carbons (Fsp3) is 0.227. The minimum Gasteiger partial charge on any atom is -0.383 e. The lowest BCUT2D eigenvalue weighted by molar-refractivity contribution is 0.0987. The molecule has 4 rings (SSSR count). The van der Waals surface area contributed by atoms with Crippen LogP contribution in [0, 0.1) is 12.7 Å². The van der Waals surface area contributed by atoms with Crippen LogP contribution in [-0.4, -0.2) is 26.6 Å². The predicted octanol–water partition coefficient (Wildman–Crippen LogP) is 2.92. The van der Waals surface area contributed by atoms with Gasteiger partial charge in [-0.2, -0.15) is 0 Å². The maximum Gasteiger partial charge on any atom is 0.187 e. The number of pyridine rings is 1. The Hall–Kier alpha value is -3.48. The Morgan fingerprint density at radius 2 is 2.03 bits per heavy atom. The van der Waals surface area contributed by atoms with Crippen molar-refractivity contribution in [2.45, 2.75) is 32.2 Å². The number of amidine groups is 1. The van der Waals surface area contributed by atoms with E-state index in [1.807, 2.05) is 13.0 Å². The second-order valence-electron chi connectivity index (χ2n) is 7.44. The van der Waals surface area contributed by atoms with Crippen molar-refractivity contribution in [1.29, 1.82) is 0 Å². The van der Waals surface area contributed by atoms with E-state index in [1.165, 1.54) is 12.3 Å². The van der Waals surface area contributed by atoms with E-state index in [0.29, 0.717) is 23.4 Å². The summed E-state index contributed by atoms with van der Waals surface area (Å²) in [6.45, 7) is 3.64. The second-order valence-corrected chi connectivity index (χ2v) is 7.44. The topological polar surface area (TPSA) is 94.1 Å². The lowest BCUT2D eigenvalue weighted by Crippen LogP contribution is -2.34. The molecule has 0 radical (unpaired) electrons. The van der Waals surface area contributed by atoms with Crippen LogP contribution in [0.3, 0.4) is 0 Å². The zero-order valence-corrected chi connectivity index (χ0v) is 16.2. The Morgan fingerprint density at radius 1 is 1.21 bits per heavy atom. The summed E-state index contributed by atoms with van der Waals surface area (Å²) in [5, 5.41) is 0. The van der Waals surface area contributed by atoms with Crippen LogP contribution in [0.4, 0.5) is 4.39 Å². The van der Waals surface area contributed by atoms with Crippen LogP contribution in [0.1, 0.15) is 45.4 Å².